The van der Waals surface area contributed by atoms with Crippen LogP contribution in [-0.2, 0) is 24.0 Å². The van der Waals surface area contributed by atoms with Gasteiger partial charge in [0.05, 0.1) is 6.04 Å². The molecule has 1 unspecified atom stereocenters. The first-order valence-electron chi connectivity index (χ1n) is 17.0. The number of likely N-dealkylation sites (tertiary alicyclic amines) is 1. The zero-order valence-electron chi connectivity index (χ0n) is 30.1. The molecule has 3 fully saturated rings. The van der Waals surface area contributed by atoms with Crippen molar-refractivity contribution in [3.63, 3.8) is 0 Å². The number of fused-ring (bicyclic) bond motifs is 1. The number of hydrogen-bond donors (Lipinski definition) is 4. The van der Waals surface area contributed by atoms with E-state index in [1.54, 1.807) is 11.9 Å². The van der Waals surface area contributed by atoms with Crippen LogP contribution >= 0.6 is 0 Å². The highest BCUT2D eigenvalue weighted by molar-refractivity contribution is 6.38. The summed E-state index contributed by atoms with van der Waals surface area (Å²) in [6.45, 7) is 21.7. The van der Waals surface area contributed by atoms with Gasteiger partial charge in [0, 0.05) is 26.7 Å². The third-order valence-corrected chi connectivity index (χ3v) is 9.98. The molecule has 0 aromatic rings. The Kier molecular flexibility index (Phi) is 11.6. The molecule has 1 heterocycles. The maximum absolute atomic E-state index is 14.3. The highest BCUT2D eigenvalue weighted by Gasteiger charge is 2.70. The molecule has 4 N–H and O–H groups in total. The van der Waals surface area contributed by atoms with Gasteiger partial charge in [0.1, 0.15) is 18.1 Å². The molecule has 12 heteroatoms. The number of nitrogens with one attached hydrogen (secondary N) is 4. The fourth-order valence-corrected chi connectivity index (χ4v) is 6.80. The van der Waals surface area contributed by atoms with Gasteiger partial charge in [0.2, 0.25) is 23.5 Å². The zero-order valence-corrected chi connectivity index (χ0v) is 30.1. The van der Waals surface area contributed by atoms with Gasteiger partial charge in [-0.1, -0.05) is 74.8 Å². The highest BCUT2D eigenvalue weighted by atomic mass is 16.2. The van der Waals surface area contributed by atoms with Crippen molar-refractivity contribution in [1.82, 2.24) is 31.1 Å². The second kappa shape index (κ2) is 14.4. The van der Waals surface area contributed by atoms with Gasteiger partial charge in [-0.25, -0.2) is 4.79 Å². The number of piperidine rings is 1. The predicted molar refractivity (Wildman–Crippen MR) is 180 cm³/mol. The lowest BCUT2D eigenvalue weighted by atomic mass is 9.84. The fraction of sp³-hybridized carbons (Fsp3) is 0.771. The average Bonchev–Trinajstić information content (AvgIpc) is 3.82. The van der Waals surface area contributed by atoms with Crippen LogP contribution in [0, 0.1) is 34.0 Å². The lowest BCUT2D eigenvalue weighted by Crippen LogP contribution is -2.63. The van der Waals surface area contributed by atoms with Gasteiger partial charge in [0.15, 0.2) is 0 Å². The molecule has 1 saturated heterocycles. The molecule has 3 aliphatic rings. The normalized spacial score (nSPS) is 23.4. The zero-order chi connectivity index (χ0) is 35.6. The number of urea groups is 1. The minimum absolute atomic E-state index is 0.0674. The minimum atomic E-state index is -1.04. The van der Waals surface area contributed by atoms with E-state index < -0.39 is 64.5 Å². The van der Waals surface area contributed by atoms with Crippen molar-refractivity contribution in [2.45, 2.75) is 112 Å². The summed E-state index contributed by atoms with van der Waals surface area (Å²) < 4.78 is 0. The van der Waals surface area contributed by atoms with Crippen LogP contribution in [-0.4, -0.2) is 96.1 Å². The Labute approximate surface area is 280 Å². The lowest BCUT2D eigenvalue weighted by molar-refractivity contribution is -0.145. The summed E-state index contributed by atoms with van der Waals surface area (Å²) >= 11 is 0. The summed E-state index contributed by atoms with van der Waals surface area (Å²) in [5, 5.41) is 11.0. The summed E-state index contributed by atoms with van der Waals surface area (Å²) in [4.78, 5) is 83.8. The number of hydrogen-bond acceptors (Lipinski definition) is 6. The van der Waals surface area contributed by atoms with Gasteiger partial charge in [-0.15, -0.1) is 6.58 Å². The SMILES string of the molecule is C=CCNC(=O)C(=O)C(CCC)NC(=O)[C@@H]1[C@@H]2[C@H](CN1C(=O)[C@@H](NC(=O)N[C@H](C(=O)N(C)CC1CC1)C(C)(C)C)C(C)(C)C)C2(C)C. The number of likely N-dealkylation sites (N-methyl/N-ethyl adjacent to an activating group) is 1. The topological polar surface area (TPSA) is 157 Å². The molecule has 3 rings (SSSR count). The third kappa shape index (κ3) is 8.93. The van der Waals surface area contributed by atoms with Crippen LogP contribution in [0.15, 0.2) is 12.7 Å². The summed E-state index contributed by atoms with van der Waals surface area (Å²) in [7, 11) is 1.75. The monoisotopic (exact) mass is 658 g/mol. The molecular formula is C35H58N6O6. The van der Waals surface area contributed by atoms with Crippen molar-refractivity contribution in [2.75, 3.05) is 26.7 Å². The molecule has 0 aromatic heterocycles. The maximum Gasteiger partial charge on any atom is 0.316 e. The second-order valence-corrected chi connectivity index (χ2v) is 16.5. The number of carbonyl (C=O) groups is 6. The molecule has 47 heavy (non-hydrogen) atoms. The Morgan fingerprint density at radius 3 is 2.04 bits per heavy atom. The molecule has 0 bridgehead atoms. The van der Waals surface area contributed by atoms with Crippen LogP contribution in [0.2, 0.25) is 0 Å². The Bertz CT molecular complexity index is 1250. The van der Waals surface area contributed by atoms with Crippen LogP contribution in [0.3, 0.4) is 0 Å². The van der Waals surface area contributed by atoms with Gasteiger partial charge in [0.25, 0.3) is 5.91 Å². The number of ketones is 1. The van der Waals surface area contributed by atoms with E-state index in [1.165, 1.54) is 11.0 Å². The van der Waals surface area contributed by atoms with E-state index in [0.29, 0.717) is 25.4 Å². The molecule has 0 aromatic carbocycles. The van der Waals surface area contributed by atoms with E-state index in [1.807, 2.05) is 48.5 Å². The summed E-state index contributed by atoms with van der Waals surface area (Å²) in [6.07, 6.45) is 4.47. The smallest absolute Gasteiger partial charge is 0.316 e. The molecule has 12 nitrogen and oxygen atoms in total. The third-order valence-electron chi connectivity index (χ3n) is 9.98. The van der Waals surface area contributed by atoms with Crippen LogP contribution in [0.1, 0.15) is 88.0 Å². The predicted octanol–water partition coefficient (Wildman–Crippen LogP) is 2.62. The Balaban J connectivity index is 1.81. The molecule has 0 spiro atoms. The standard InChI is InChI=1S/C35H58N6O6/c1-12-14-22(25(42)29(44)36-17-13-2)37-28(43)24-23-21(35(23,9)10)19-41(24)31(46)27(34(6,7)8)39-32(47)38-26(33(3,4)5)30(45)40(11)18-20-15-16-20/h13,20-24,26-27H,2,12,14-19H2,1,3-11H3,(H,36,44)(H,37,43)(H2,38,39,47)/t21-,22?,23-,24-,26+,27+/m0/s1. The number of rotatable bonds is 14. The first kappa shape index (κ1) is 38.0. The molecule has 2 aliphatic carbocycles. The van der Waals surface area contributed by atoms with E-state index in [9.17, 15) is 28.8 Å². The molecule has 264 valence electrons. The van der Waals surface area contributed by atoms with Crippen LogP contribution < -0.4 is 21.3 Å². The van der Waals surface area contributed by atoms with Crippen molar-refractivity contribution < 1.29 is 28.8 Å². The Morgan fingerprint density at radius 1 is 0.957 bits per heavy atom. The van der Waals surface area contributed by atoms with Crippen molar-refractivity contribution in [1.29, 1.82) is 0 Å². The van der Waals surface area contributed by atoms with Crippen LogP contribution in [0.25, 0.3) is 0 Å². The highest BCUT2D eigenvalue weighted by Crippen LogP contribution is 2.65. The van der Waals surface area contributed by atoms with Crippen molar-refractivity contribution >= 4 is 35.4 Å². The quantitative estimate of drug-likeness (QED) is 0.166. The Hall–Kier alpha value is -3.44. The van der Waals surface area contributed by atoms with E-state index in [2.05, 4.69) is 41.7 Å². The number of Topliss-reactive ketones (excluding diaryl/α,β-unsaturated/α-hetero) is 1. The van der Waals surface area contributed by atoms with Crippen LogP contribution in [0.5, 0.6) is 0 Å². The molecule has 6 atom stereocenters. The maximum atomic E-state index is 14.3. The van der Waals surface area contributed by atoms with Crippen molar-refractivity contribution in [3.8, 4) is 0 Å². The van der Waals surface area contributed by atoms with Gasteiger partial charge < -0.3 is 31.1 Å². The second-order valence-electron chi connectivity index (χ2n) is 16.5. The molecular weight excluding hydrogens is 600 g/mol. The summed E-state index contributed by atoms with van der Waals surface area (Å²) in [5.41, 5.74) is -1.53. The van der Waals surface area contributed by atoms with E-state index >= 15 is 0 Å². The van der Waals surface area contributed by atoms with Gasteiger partial charge in [-0.3, -0.25) is 24.0 Å². The van der Waals surface area contributed by atoms with Crippen molar-refractivity contribution in [3.05, 3.63) is 12.7 Å². The van der Waals surface area contributed by atoms with E-state index in [0.717, 1.165) is 12.8 Å². The van der Waals surface area contributed by atoms with Gasteiger partial charge in [-0.2, -0.15) is 0 Å². The Morgan fingerprint density at radius 2 is 1.53 bits per heavy atom. The fourth-order valence-electron chi connectivity index (χ4n) is 6.80. The van der Waals surface area contributed by atoms with Crippen molar-refractivity contribution in [2.24, 2.45) is 34.0 Å². The van der Waals surface area contributed by atoms with Gasteiger partial charge >= 0.3 is 6.03 Å². The van der Waals surface area contributed by atoms with E-state index in [-0.39, 0.29) is 36.1 Å². The first-order chi connectivity index (χ1) is 21.7. The number of carbonyl (C=O) groups excluding carboxylic acids is 6. The summed E-state index contributed by atoms with van der Waals surface area (Å²) in [5.74, 6) is -2.23. The molecule has 0 radical (unpaired) electrons. The van der Waals surface area contributed by atoms with Gasteiger partial charge in [-0.05, 0) is 53.3 Å². The lowest BCUT2D eigenvalue weighted by Gasteiger charge is -2.39. The molecule has 2 saturated carbocycles. The minimum Gasteiger partial charge on any atom is -0.346 e. The average molecular weight is 659 g/mol. The number of amides is 6. The summed E-state index contributed by atoms with van der Waals surface area (Å²) in [6, 6.07) is -4.40. The number of nitrogens with zero attached hydrogens (tertiary/aromatic N) is 2. The molecule has 1 aliphatic heterocycles. The van der Waals surface area contributed by atoms with Crippen LogP contribution in [0.4, 0.5) is 4.79 Å². The first-order valence-corrected chi connectivity index (χ1v) is 17.0. The molecule has 6 amide bonds. The van der Waals surface area contributed by atoms with E-state index in [4.69, 9.17) is 0 Å². The largest absolute Gasteiger partial charge is 0.346 e.